The Kier molecular flexibility index (Phi) is 4.15. The van der Waals surface area contributed by atoms with Crippen molar-refractivity contribution in [2.24, 2.45) is 0 Å². The Morgan fingerprint density at radius 1 is 1.13 bits per heavy atom. The molecule has 0 aliphatic rings. The molecule has 0 fully saturated rings. The average Bonchev–Trinajstić information content (AvgIpc) is 2.97. The third-order valence-corrected chi connectivity index (χ3v) is 3.46. The highest BCUT2D eigenvalue weighted by Gasteiger charge is 2.04. The molecule has 1 aromatic heterocycles. The highest BCUT2D eigenvalue weighted by Crippen LogP contribution is 2.24. The molecule has 3 rings (SSSR count). The SMILES string of the molecule is COc1ccc2oc(/C=C/C(=O)Nc3ccc(C)cc3)cc2c1. The third-order valence-electron chi connectivity index (χ3n) is 3.46. The second kappa shape index (κ2) is 6.40. The number of nitrogens with one attached hydrogen (secondary N) is 1. The molecule has 1 N–H and O–H groups in total. The highest BCUT2D eigenvalue weighted by molar-refractivity contribution is 6.02. The van der Waals surface area contributed by atoms with E-state index in [-0.39, 0.29) is 5.91 Å². The summed E-state index contributed by atoms with van der Waals surface area (Å²) in [7, 11) is 1.62. The summed E-state index contributed by atoms with van der Waals surface area (Å²) in [6, 6.07) is 15.1. The molecule has 23 heavy (non-hydrogen) atoms. The van der Waals surface area contributed by atoms with Crippen LogP contribution in [-0.4, -0.2) is 13.0 Å². The second-order valence-corrected chi connectivity index (χ2v) is 5.24. The predicted molar refractivity (Wildman–Crippen MR) is 91.6 cm³/mol. The van der Waals surface area contributed by atoms with Gasteiger partial charge in [0.05, 0.1) is 7.11 Å². The van der Waals surface area contributed by atoms with E-state index in [0.717, 1.165) is 28.0 Å². The fourth-order valence-corrected chi connectivity index (χ4v) is 2.23. The van der Waals surface area contributed by atoms with E-state index in [9.17, 15) is 4.79 Å². The quantitative estimate of drug-likeness (QED) is 0.727. The predicted octanol–water partition coefficient (Wildman–Crippen LogP) is 4.40. The second-order valence-electron chi connectivity index (χ2n) is 5.24. The minimum atomic E-state index is -0.202. The van der Waals surface area contributed by atoms with Crippen LogP contribution in [0.25, 0.3) is 17.0 Å². The van der Waals surface area contributed by atoms with E-state index in [0.29, 0.717) is 5.76 Å². The number of benzene rings is 2. The first-order valence-electron chi connectivity index (χ1n) is 7.27. The van der Waals surface area contributed by atoms with Crippen LogP contribution < -0.4 is 10.1 Å². The number of hydrogen-bond acceptors (Lipinski definition) is 3. The maximum atomic E-state index is 11.9. The van der Waals surface area contributed by atoms with Crippen LogP contribution in [0.15, 0.2) is 59.0 Å². The number of furan rings is 1. The Labute approximate surface area is 134 Å². The van der Waals surface area contributed by atoms with Gasteiger partial charge in [0.1, 0.15) is 17.1 Å². The van der Waals surface area contributed by atoms with Crippen LogP contribution >= 0.6 is 0 Å². The molecule has 0 spiro atoms. The number of hydrogen-bond donors (Lipinski definition) is 1. The van der Waals surface area contributed by atoms with Crippen LogP contribution in [-0.2, 0) is 4.79 Å². The maximum Gasteiger partial charge on any atom is 0.248 e. The standard InChI is InChI=1S/C19H17NO3/c1-13-3-5-15(6-4-13)20-19(21)10-8-17-12-14-11-16(22-2)7-9-18(14)23-17/h3-12H,1-2H3,(H,20,21)/b10-8+. The lowest BCUT2D eigenvalue weighted by atomic mass is 10.2. The zero-order valence-electron chi connectivity index (χ0n) is 13.0. The van der Waals surface area contributed by atoms with E-state index in [1.165, 1.54) is 6.08 Å². The molecule has 1 amide bonds. The Balaban J connectivity index is 1.71. The van der Waals surface area contributed by atoms with Crippen LogP contribution in [0, 0.1) is 6.92 Å². The van der Waals surface area contributed by atoms with Crippen LogP contribution in [0.1, 0.15) is 11.3 Å². The number of amides is 1. The smallest absolute Gasteiger partial charge is 0.248 e. The van der Waals surface area contributed by atoms with Gasteiger partial charge in [-0.15, -0.1) is 0 Å². The molecule has 4 heteroatoms. The Morgan fingerprint density at radius 3 is 2.65 bits per heavy atom. The monoisotopic (exact) mass is 307 g/mol. The summed E-state index contributed by atoms with van der Waals surface area (Å²) in [5.41, 5.74) is 2.67. The molecule has 0 atom stereocenters. The largest absolute Gasteiger partial charge is 0.497 e. The van der Waals surface area contributed by atoms with Crippen molar-refractivity contribution in [3.63, 3.8) is 0 Å². The number of anilines is 1. The Bertz CT molecular complexity index is 860. The summed E-state index contributed by atoms with van der Waals surface area (Å²) >= 11 is 0. The van der Waals surface area contributed by atoms with Crippen molar-refractivity contribution < 1.29 is 13.9 Å². The van der Waals surface area contributed by atoms with Gasteiger partial charge in [-0.05, 0) is 49.4 Å². The first-order chi connectivity index (χ1) is 11.1. The number of rotatable bonds is 4. The van der Waals surface area contributed by atoms with Gasteiger partial charge in [-0.25, -0.2) is 0 Å². The summed E-state index contributed by atoms with van der Waals surface area (Å²) in [5.74, 6) is 1.19. The topological polar surface area (TPSA) is 51.5 Å². The molecule has 4 nitrogen and oxygen atoms in total. The van der Waals surface area contributed by atoms with Crippen molar-refractivity contribution in [3.05, 3.63) is 65.9 Å². The van der Waals surface area contributed by atoms with Crippen LogP contribution in [0.4, 0.5) is 5.69 Å². The minimum Gasteiger partial charge on any atom is -0.497 e. The van der Waals surface area contributed by atoms with E-state index in [2.05, 4.69) is 5.32 Å². The number of carbonyl (C=O) groups is 1. The van der Waals surface area contributed by atoms with Crippen molar-refractivity contribution in [2.75, 3.05) is 12.4 Å². The first kappa shape index (κ1) is 14.9. The number of aryl methyl sites for hydroxylation is 1. The van der Waals surface area contributed by atoms with Gasteiger partial charge in [0, 0.05) is 17.1 Å². The number of fused-ring (bicyclic) bond motifs is 1. The zero-order valence-corrected chi connectivity index (χ0v) is 13.0. The van der Waals surface area contributed by atoms with Crippen molar-refractivity contribution in [1.82, 2.24) is 0 Å². The lowest BCUT2D eigenvalue weighted by Gasteiger charge is -2.01. The number of carbonyl (C=O) groups excluding carboxylic acids is 1. The number of methoxy groups -OCH3 is 1. The Morgan fingerprint density at radius 2 is 1.91 bits per heavy atom. The molecule has 0 bridgehead atoms. The molecular formula is C19H17NO3. The van der Waals surface area contributed by atoms with Gasteiger partial charge >= 0.3 is 0 Å². The fourth-order valence-electron chi connectivity index (χ4n) is 2.23. The molecule has 1 heterocycles. The number of ether oxygens (including phenoxy) is 1. The molecule has 116 valence electrons. The van der Waals surface area contributed by atoms with Crippen molar-refractivity contribution in [1.29, 1.82) is 0 Å². The molecular weight excluding hydrogens is 290 g/mol. The van der Waals surface area contributed by atoms with E-state index in [1.807, 2.05) is 55.5 Å². The van der Waals surface area contributed by atoms with Gasteiger partial charge in [0.2, 0.25) is 5.91 Å². The van der Waals surface area contributed by atoms with E-state index < -0.39 is 0 Å². The molecule has 0 saturated heterocycles. The van der Waals surface area contributed by atoms with Gasteiger partial charge in [0.25, 0.3) is 0 Å². The maximum absolute atomic E-state index is 11.9. The van der Waals surface area contributed by atoms with Crippen molar-refractivity contribution in [2.45, 2.75) is 6.92 Å². The molecule has 2 aromatic carbocycles. The normalized spacial score (nSPS) is 11.0. The fraction of sp³-hybridized carbons (Fsp3) is 0.105. The minimum absolute atomic E-state index is 0.202. The van der Waals surface area contributed by atoms with Crippen LogP contribution in [0.5, 0.6) is 5.75 Å². The molecule has 0 saturated carbocycles. The first-order valence-corrected chi connectivity index (χ1v) is 7.27. The van der Waals surface area contributed by atoms with Gasteiger partial charge in [0.15, 0.2) is 0 Å². The molecule has 3 aromatic rings. The Hall–Kier alpha value is -3.01. The van der Waals surface area contributed by atoms with Gasteiger partial charge in [-0.2, -0.15) is 0 Å². The lowest BCUT2D eigenvalue weighted by molar-refractivity contribution is -0.111. The van der Waals surface area contributed by atoms with Gasteiger partial charge in [-0.1, -0.05) is 17.7 Å². The average molecular weight is 307 g/mol. The van der Waals surface area contributed by atoms with Crippen molar-refractivity contribution >= 4 is 28.6 Å². The molecule has 0 aliphatic carbocycles. The van der Waals surface area contributed by atoms with Gasteiger partial charge < -0.3 is 14.5 Å². The third kappa shape index (κ3) is 3.61. The van der Waals surface area contributed by atoms with E-state index in [4.69, 9.17) is 9.15 Å². The highest BCUT2D eigenvalue weighted by atomic mass is 16.5. The van der Waals surface area contributed by atoms with Crippen LogP contribution in [0.2, 0.25) is 0 Å². The molecule has 0 radical (unpaired) electrons. The summed E-state index contributed by atoms with van der Waals surface area (Å²) in [4.78, 5) is 11.9. The van der Waals surface area contributed by atoms with E-state index in [1.54, 1.807) is 13.2 Å². The summed E-state index contributed by atoms with van der Waals surface area (Å²) in [6.07, 6.45) is 3.10. The van der Waals surface area contributed by atoms with Gasteiger partial charge in [-0.3, -0.25) is 4.79 Å². The van der Waals surface area contributed by atoms with E-state index >= 15 is 0 Å². The summed E-state index contributed by atoms with van der Waals surface area (Å²) < 4.78 is 10.8. The zero-order chi connectivity index (χ0) is 16.2. The summed E-state index contributed by atoms with van der Waals surface area (Å²) in [6.45, 7) is 2.00. The van der Waals surface area contributed by atoms with Crippen molar-refractivity contribution in [3.8, 4) is 5.75 Å². The van der Waals surface area contributed by atoms with Crippen LogP contribution in [0.3, 0.4) is 0 Å². The lowest BCUT2D eigenvalue weighted by Crippen LogP contribution is -2.07. The summed E-state index contributed by atoms with van der Waals surface area (Å²) in [5, 5.41) is 3.74. The molecule has 0 unspecified atom stereocenters. The molecule has 0 aliphatic heterocycles.